The van der Waals surface area contributed by atoms with Crippen molar-refractivity contribution in [1.82, 2.24) is 10.3 Å². The fourth-order valence-corrected chi connectivity index (χ4v) is 1.45. The van der Waals surface area contributed by atoms with Crippen LogP contribution >= 0.6 is 40.5 Å². The van der Waals surface area contributed by atoms with Gasteiger partial charge in [-0.05, 0) is 19.1 Å². The molecular formula is C7H10BrN3O2S2. The van der Waals surface area contributed by atoms with E-state index in [1.165, 1.54) is 11.3 Å². The van der Waals surface area contributed by atoms with Crippen LogP contribution in [-0.2, 0) is 4.74 Å². The van der Waals surface area contributed by atoms with E-state index in [9.17, 15) is 4.79 Å². The summed E-state index contributed by atoms with van der Waals surface area (Å²) in [7, 11) is 0. The van der Waals surface area contributed by atoms with Crippen molar-refractivity contribution in [3.8, 4) is 0 Å². The van der Waals surface area contributed by atoms with Gasteiger partial charge in [0.05, 0.1) is 6.61 Å². The van der Waals surface area contributed by atoms with Crippen LogP contribution in [0.3, 0.4) is 0 Å². The quantitative estimate of drug-likeness (QED) is 0.820. The number of carbonyl (C=O) groups excluding carboxylic acids is 1. The molecule has 0 saturated carbocycles. The summed E-state index contributed by atoms with van der Waals surface area (Å²) in [5.74, 6) is 0. The van der Waals surface area contributed by atoms with Crippen molar-refractivity contribution in [2.24, 2.45) is 0 Å². The molecule has 0 unspecified atom stereocenters. The highest BCUT2D eigenvalue weighted by Gasteiger charge is 2.04. The second kappa shape index (κ2) is 7.55. The zero-order valence-corrected chi connectivity index (χ0v) is 11.2. The predicted molar refractivity (Wildman–Crippen MR) is 68.8 cm³/mol. The number of ether oxygens (including phenoxy) is 1. The molecule has 1 amide bonds. The smallest absolute Gasteiger partial charge is 0.413 e. The molecule has 5 nitrogen and oxygen atoms in total. The van der Waals surface area contributed by atoms with Crippen LogP contribution in [0.5, 0.6) is 0 Å². The third-order valence-corrected chi connectivity index (χ3v) is 2.04. The van der Waals surface area contributed by atoms with E-state index in [1.807, 2.05) is 0 Å². The number of amides is 1. The number of hydrogen-bond acceptors (Lipinski definition) is 5. The molecule has 0 fully saturated rings. The molecule has 1 heterocycles. The predicted octanol–water partition coefficient (Wildman–Crippen LogP) is 2.16. The minimum atomic E-state index is -0.568. The van der Waals surface area contributed by atoms with Crippen molar-refractivity contribution in [3.63, 3.8) is 0 Å². The maximum Gasteiger partial charge on any atom is 0.413 e. The zero-order valence-electron chi connectivity index (χ0n) is 7.85. The largest absolute Gasteiger partial charge is 0.450 e. The number of thiazole rings is 1. The van der Waals surface area contributed by atoms with Gasteiger partial charge in [0.2, 0.25) is 0 Å². The van der Waals surface area contributed by atoms with Crippen molar-refractivity contribution < 1.29 is 9.53 Å². The summed E-state index contributed by atoms with van der Waals surface area (Å²) >= 11 is 6.23. The van der Waals surface area contributed by atoms with E-state index in [-0.39, 0.29) is 22.1 Å². The van der Waals surface area contributed by atoms with E-state index >= 15 is 0 Å². The van der Waals surface area contributed by atoms with E-state index in [4.69, 9.17) is 12.2 Å². The number of hydrogen-bond donors (Lipinski definition) is 2. The molecule has 0 aliphatic carbocycles. The number of thiocarbonyl (C=S) groups is 1. The first kappa shape index (κ1) is 14.3. The van der Waals surface area contributed by atoms with Gasteiger partial charge in [0, 0.05) is 11.6 Å². The van der Waals surface area contributed by atoms with Crippen LogP contribution in [0.25, 0.3) is 0 Å². The normalized spacial score (nSPS) is 8.60. The second-order valence-electron chi connectivity index (χ2n) is 2.14. The number of alkyl carbamates (subject to hydrolysis) is 1. The van der Waals surface area contributed by atoms with E-state index in [2.05, 4.69) is 20.4 Å². The summed E-state index contributed by atoms with van der Waals surface area (Å²) in [5.41, 5.74) is 0. The third kappa shape index (κ3) is 5.65. The summed E-state index contributed by atoms with van der Waals surface area (Å²) in [6, 6.07) is 0. The highest BCUT2D eigenvalue weighted by atomic mass is 79.9. The maximum atomic E-state index is 10.9. The molecule has 1 aromatic heterocycles. The van der Waals surface area contributed by atoms with Gasteiger partial charge < -0.3 is 10.1 Å². The molecule has 0 spiro atoms. The van der Waals surface area contributed by atoms with Gasteiger partial charge >= 0.3 is 6.09 Å². The molecule has 1 aromatic rings. The summed E-state index contributed by atoms with van der Waals surface area (Å²) < 4.78 is 4.64. The molecule has 84 valence electrons. The van der Waals surface area contributed by atoms with Gasteiger partial charge in [0.1, 0.15) is 0 Å². The van der Waals surface area contributed by atoms with Crippen LogP contribution in [0.15, 0.2) is 11.6 Å². The molecule has 0 aliphatic heterocycles. The zero-order chi connectivity index (χ0) is 10.4. The monoisotopic (exact) mass is 311 g/mol. The summed E-state index contributed by atoms with van der Waals surface area (Å²) in [5, 5.41) is 7.69. The second-order valence-corrected chi connectivity index (χ2v) is 3.44. The molecule has 0 saturated heterocycles. The average molecular weight is 312 g/mol. The number of nitrogens with zero attached hydrogens (tertiary/aromatic N) is 1. The first-order valence-electron chi connectivity index (χ1n) is 3.86. The molecule has 0 radical (unpaired) electrons. The van der Waals surface area contributed by atoms with Crippen molar-refractivity contribution in [2.75, 3.05) is 11.9 Å². The van der Waals surface area contributed by atoms with Gasteiger partial charge in [-0.25, -0.2) is 9.78 Å². The van der Waals surface area contributed by atoms with E-state index in [1.54, 1.807) is 18.5 Å². The SMILES string of the molecule is Br.CCOC(=O)NC(=S)Nc1nccs1. The Morgan fingerprint density at radius 1 is 1.73 bits per heavy atom. The molecule has 0 bridgehead atoms. The van der Waals surface area contributed by atoms with Crippen LogP contribution in [0.2, 0.25) is 0 Å². The van der Waals surface area contributed by atoms with Crippen molar-refractivity contribution in [3.05, 3.63) is 11.6 Å². The number of nitrogens with one attached hydrogen (secondary N) is 2. The van der Waals surface area contributed by atoms with E-state index < -0.39 is 6.09 Å². The topological polar surface area (TPSA) is 63.2 Å². The Balaban J connectivity index is 0.00000196. The Labute approximate surface area is 107 Å². The molecule has 0 aliphatic rings. The van der Waals surface area contributed by atoms with Gasteiger partial charge in [0.25, 0.3) is 0 Å². The Hall–Kier alpha value is -0.730. The average Bonchev–Trinajstić information content (AvgIpc) is 2.56. The van der Waals surface area contributed by atoms with Crippen LogP contribution in [0.1, 0.15) is 6.92 Å². The highest BCUT2D eigenvalue weighted by Crippen LogP contribution is 2.09. The van der Waals surface area contributed by atoms with Crippen LogP contribution in [-0.4, -0.2) is 22.8 Å². The van der Waals surface area contributed by atoms with Gasteiger partial charge in [-0.1, -0.05) is 0 Å². The van der Waals surface area contributed by atoms with Gasteiger partial charge in [-0.3, -0.25) is 5.32 Å². The Bertz CT molecular complexity index is 318. The van der Waals surface area contributed by atoms with Crippen molar-refractivity contribution >= 4 is 56.9 Å². The molecule has 0 atom stereocenters. The molecule has 15 heavy (non-hydrogen) atoms. The molecule has 0 aromatic carbocycles. The maximum absolute atomic E-state index is 10.9. The van der Waals surface area contributed by atoms with Crippen molar-refractivity contribution in [2.45, 2.75) is 6.92 Å². The lowest BCUT2D eigenvalue weighted by Crippen LogP contribution is -2.34. The van der Waals surface area contributed by atoms with Crippen LogP contribution in [0.4, 0.5) is 9.93 Å². The first-order valence-corrected chi connectivity index (χ1v) is 5.15. The van der Waals surface area contributed by atoms with Gasteiger partial charge in [-0.2, -0.15) is 0 Å². The number of rotatable bonds is 2. The third-order valence-electron chi connectivity index (χ3n) is 1.14. The van der Waals surface area contributed by atoms with E-state index in [0.29, 0.717) is 11.7 Å². The lowest BCUT2D eigenvalue weighted by molar-refractivity contribution is 0.158. The summed E-state index contributed by atoms with van der Waals surface area (Å²) in [6.07, 6.45) is 1.07. The van der Waals surface area contributed by atoms with E-state index in [0.717, 1.165) is 0 Å². The lowest BCUT2D eigenvalue weighted by atomic mass is 10.8. The minimum Gasteiger partial charge on any atom is -0.450 e. The molecule has 8 heteroatoms. The Kier molecular flexibility index (Phi) is 7.18. The Morgan fingerprint density at radius 2 is 2.47 bits per heavy atom. The number of halogens is 1. The highest BCUT2D eigenvalue weighted by molar-refractivity contribution is 8.93. The summed E-state index contributed by atoms with van der Waals surface area (Å²) in [4.78, 5) is 14.8. The number of aromatic nitrogens is 1. The van der Waals surface area contributed by atoms with Gasteiger partial charge in [-0.15, -0.1) is 28.3 Å². The first-order chi connectivity index (χ1) is 6.72. The molecular weight excluding hydrogens is 302 g/mol. The minimum absolute atomic E-state index is 0. The molecule has 2 N–H and O–H groups in total. The number of carbonyl (C=O) groups is 1. The van der Waals surface area contributed by atoms with Gasteiger partial charge in [0.15, 0.2) is 10.2 Å². The fourth-order valence-electron chi connectivity index (χ4n) is 0.673. The fraction of sp³-hybridized carbons (Fsp3) is 0.286. The van der Waals surface area contributed by atoms with Crippen molar-refractivity contribution in [1.29, 1.82) is 0 Å². The van der Waals surface area contributed by atoms with Crippen LogP contribution in [0, 0.1) is 0 Å². The lowest BCUT2D eigenvalue weighted by Gasteiger charge is -2.06. The summed E-state index contributed by atoms with van der Waals surface area (Å²) in [6.45, 7) is 2.03. The Morgan fingerprint density at radius 3 is 3.00 bits per heavy atom. The standard InChI is InChI=1S/C7H9N3O2S2.BrH/c1-2-12-7(11)10-5(13)9-6-8-3-4-14-6;/h3-4H,2H2,1H3,(H2,8,9,10,11,13);1H. The molecule has 1 rings (SSSR count). The number of anilines is 1. The van der Waals surface area contributed by atoms with Crippen LogP contribution < -0.4 is 10.6 Å².